The fraction of sp³-hybridized carbons (Fsp3) is 0.0625. The van der Waals surface area contributed by atoms with Gasteiger partial charge in [0.15, 0.2) is 0 Å². The number of hydrogen-bond acceptors (Lipinski definition) is 3. The normalized spacial score (nSPS) is 10.4. The topological polar surface area (TPSA) is 41.6 Å². The Labute approximate surface area is 122 Å². The van der Waals surface area contributed by atoms with Crippen molar-refractivity contribution in [3.8, 4) is 22.6 Å². The number of H-pyrrole nitrogens is 1. The van der Waals surface area contributed by atoms with Crippen LogP contribution in [-0.2, 0) is 0 Å². The molecule has 1 aromatic carbocycles. The van der Waals surface area contributed by atoms with Crippen LogP contribution in [0.4, 0.5) is 0 Å². The zero-order chi connectivity index (χ0) is 13.9. The molecule has 0 aliphatic carbocycles. The van der Waals surface area contributed by atoms with Crippen LogP contribution in [0.25, 0.3) is 22.6 Å². The summed E-state index contributed by atoms with van der Waals surface area (Å²) in [6, 6.07) is 12.0. The van der Waals surface area contributed by atoms with E-state index in [0.717, 1.165) is 33.9 Å². The van der Waals surface area contributed by atoms with E-state index >= 15 is 0 Å². The monoisotopic (exact) mass is 279 g/mol. The van der Waals surface area contributed by atoms with Crippen molar-refractivity contribution < 1.29 is 0 Å². The summed E-state index contributed by atoms with van der Waals surface area (Å²) in [5.41, 5.74) is 5.04. The third-order valence-electron chi connectivity index (χ3n) is 3.09. The number of thiocarbonyl (C=S) groups is 1. The predicted molar refractivity (Wildman–Crippen MR) is 84.7 cm³/mol. The zero-order valence-corrected chi connectivity index (χ0v) is 11.8. The maximum Gasteiger partial charge on any atom is 0.138 e. The quantitative estimate of drug-likeness (QED) is 0.742. The second kappa shape index (κ2) is 5.35. The minimum atomic E-state index is 0.851. The first kappa shape index (κ1) is 12.7. The van der Waals surface area contributed by atoms with Crippen LogP contribution in [-0.4, -0.2) is 20.3 Å². The van der Waals surface area contributed by atoms with Gasteiger partial charge in [0.25, 0.3) is 0 Å². The van der Waals surface area contributed by atoms with Crippen LogP contribution in [0.5, 0.6) is 0 Å². The van der Waals surface area contributed by atoms with Crippen molar-refractivity contribution in [2.75, 3.05) is 0 Å². The second-order valence-corrected chi connectivity index (χ2v) is 4.80. The molecule has 0 aliphatic rings. The van der Waals surface area contributed by atoms with Gasteiger partial charge < -0.3 is 4.98 Å². The number of imidazole rings is 1. The number of nitrogens with zero attached hydrogens (tertiary/aromatic N) is 2. The molecular formula is C16H13N3S. The lowest BCUT2D eigenvalue weighted by Gasteiger charge is -1.98. The van der Waals surface area contributed by atoms with Gasteiger partial charge in [-0.3, -0.25) is 4.98 Å². The SMILES string of the molecule is Cc1cc(-c2nc(-c3ccc(C=S)cc3)c[nH]2)ccn1. The maximum atomic E-state index is 4.91. The molecule has 0 saturated carbocycles. The largest absolute Gasteiger partial charge is 0.344 e. The van der Waals surface area contributed by atoms with Crippen molar-refractivity contribution in [2.24, 2.45) is 0 Å². The van der Waals surface area contributed by atoms with E-state index in [-0.39, 0.29) is 0 Å². The van der Waals surface area contributed by atoms with Gasteiger partial charge in [-0.15, -0.1) is 0 Å². The summed E-state index contributed by atoms with van der Waals surface area (Å²) < 4.78 is 0. The number of aromatic nitrogens is 3. The standard InChI is InChI=1S/C16H13N3S/c1-11-8-14(6-7-17-11)16-18-9-15(19-16)13-4-2-12(10-20)3-5-13/h2-10H,1H3,(H,18,19). The van der Waals surface area contributed by atoms with E-state index in [1.807, 2.05) is 49.5 Å². The number of hydrogen-bond donors (Lipinski definition) is 1. The Morgan fingerprint density at radius 1 is 1.10 bits per heavy atom. The molecule has 3 nitrogen and oxygen atoms in total. The molecule has 0 amide bonds. The van der Waals surface area contributed by atoms with Crippen molar-refractivity contribution in [2.45, 2.75) is 6.92 Å². The van der Waals surface area contributed by atoms with Crippen LogP contribution in [0.2, 0.25) is 0 Å². The molecule has 0 atom stereocenters. The molecule has 0 radical (unpaired) electrons. The number of nitrogens with one attached hydrogen (secondary N) is 1. The van der Waals surface area contributed by atoms with E-state index in [1.54, 1.807) is 11.6 Å². The summed E-state index contributed by atoms with van der Waals surface area (Å²) in [4.78, 5) is 12.0. The highest BCUT2D eigenvalue weighted by atomic mass is 32.1. The van der Waals surface area contributed by atoms with Gasteiger partial charge >= 0.3 is 0 Å². The fourth-order valence-electron chi connectivity index (χ4n) is 2.04. The molecule has 0 bridgehead atoms. The Morgan fingerprint density at radius 3 is 2.60 bits per heavy atom. The molecule has 3 aromatic rings. The van der Waals surface area contributed by atoms with E-state index in [9.17, 15) is 0 Å². The molecule has 4 heteroatoms. The van der Waals surface area contributed by atoms with Gasteiger partial charge in [0.05, 0.1) is 5.69 Å². The smallest absolute Gasteiger partial charge is 0.138 e. The lowest BCUT2D eigenvalue weighted by Crippen LogP contribution is -1.85. The number of pyridine rings is 1. The van der Waals surface area contributed by atoms with Crippen LogP contribution in [0.15, 0.2) is 48.8 Å². The van der Waals surface area contributed by atoms with E-state index in [4.69, 9.17) is 12.2 Å². The van der Waals surface area contributed by atoms with Crippen LogP contribution < -0.4 is 0 Å². The van der Waals surface area contributed by atoms with E-state index in [0.29, 0.717) is 0 Å². The van der Waals surface area contributed by atoms with Gasteiger partial charge in [0, 0.05) is 34.6 Å². The maximum absolute atomic E-state index is 4.91. The van der Waals surface area contributed by atoms with Crippen LogP contribution >= 0.6 is 12.2 Å². The lowest BCUT2D eigenvalue weighted by atomic mass is 10.1. The van der Waals surface area contributed by atoms with Gasteiger partial charge in [-0.25, -0.2) is 4.98 Å². The van der Waals surface area contributed by atoms with Gasteiger partial charge in [0.2, 0.25) is 0 Å². The first-order valence-electron chi connectivity index (χ1n) is 6.30. The molecule has 98 valence electrons. The molecule has 2 heterocycles. The van der Waals surface area contributed by atoms with Crippen molar-refractivity contribution in [1.29, 1.82) is 0 Å². The summed E-state index contributed by atoms with van der Waals surface area (Å²) in [5.74, 6) is 0.851. The lowest BCUT2D eigenvalue weighted by molar-refractivity contribution is 1.19. The molecule has 2 aromatic heterocycles. The number of benzene rings is 1. The van der Waals surface area contributed by atoms with Crippen LogP contribution in [0.1, 0.15) is 11.3 Å². The fourth-order valence-corrected chi connectivity index (χ4v) is 2.20. The Balaban J connectivity index is 1.95. The Bertz CT molecular complexity index is 744. The van der Waals surface area contributed by atoms with E-state index < -0.39 is 0 Å². The molecular weight excluding hydrogens is 266 g/mol. The Morgan fingerprint density at radius 2 is 1.90 bits per heavy atom. The third-order valence-corrected chi connectivity index (χ3v) is 3.36. The average molecular weight is 279 g/mol. The first-order chi connectivity index (χ1) is 9.76. The second-order valence-electron chi connectivity index (χ2n) is 4.56. The highest BCUT2D eigenvalue weighted by molar-refractivity contribution is 7.79. The predicted octanol–water partition coefficient (Wildman–Crippen LogP) is 3.79. The zero-order valence-electron chi connectivity index (χ0n) is 11.0. The van der Waals surface area contributed by atoms with Crippen molar-refractivity contribution in [3.63, 3.8) is 0 Å². The van der Waals surface area contributed by atoms with E-state index in [2.05, 4.69) is 15.0 Å². The van der Waals surface area contributed by atoms with E-state index in [1.165, 1.54) is 0 Å². The number of rotatable bonds is 3. The summed E-state index contributed by atoms with van der Waals surface area (Å²) in [6.45, 7) is 1.97. The molecule has 20 heavy (non-hydrogen) atoms. The molecule has 0 aliphatic heterocycles. The minimum absolute atomic E-state index is 0.851. The minimum Gasteiger partial charge on any atom is -0.344 e. The first-order valence-corrected chi connectivity index (χ1v) is 6.77. The number of aryl methyl sites for hydroxylation is 1. The molecule has 0 fully saturated rings. The molecule has 0 saturated heterocycles. The molecule has 0 unspecified atom stereocenters. The van der Waals surface area contributed by atoms with Crippen molar-refractivity contribution >= 4 is 17.6 Å². The molecule has 1 N–H and O–H groups in total. The van der Waals surface area contributed by atoms with Gasteiger partial charge in [-0.1, -0.05) is 36.5 Å². The Kier molecular flexibility index (Phi) is 3.39. The van der Waals surface area contributed by atoms with Crippen LogP contribution in [0, 0.1) is 6.92 Å². The molecule has 3 rings (SSSR count). The van der Waals surface area contributed by atoms with Gasteiger partial charge in [-0.2, -0.15) is 0 Å². The molecule has 0 spiro atoms. The highest BCUT2D eigenvalue weighted by Crippen LogP contribution is 2.22. The van der Waals surface area contributed by atoms with Crippen molar-refractivity contribution in [1.82, 2.24) is 15.0 Å². The third kappa shape index (κ3) is 2.51. The summed E-state index contributed by atoms with van der Waals surface area (Å²) >= 11 is 4.91. The van der Waals surface area contributed by atoms with Crippen LogP contribution in [0.3, 0.4) is 0 Å². The average Bonchev–Trinajstić information content (AvgIpc) is 2.97. The summed E-state index contributed by atoms with van der Waals surface area (Å²) in [7, 11) is 0. The number of aromatic amines is 1. The van der Waals surface area contributed by atoms with Gasteiger partial charge in [-0.05, 0) is 24.6 Å². The highest BCUT2D eigenvalue weighted by Gasteiger charge is 2.06. The summed E-state index contributed by atoms with van der Waals surface area (Å²) in [5, 5.41) is 1.67. The van der Waals surface area contributed by atoms with Gasteiger partial charge in [0.1, 0.15) is 5.82 Å². The Hall–Kier alpha value is -2.33. The summed E-state index contributed by atoms with van der Waals surface area (Å²) in [6.07, 6.45) is 3.71. The van der Waals surface area contributed by atoms with Crippen molar-refractivity contribution in [3.05, 3.63) is 60.0 Å².